The Kier molecular flexibility index (Phi) is 6.37. The van der Waals surface area contributed by atoms with E-state index in [0.717, 1.165) is 11.8 Å². The van der Waals surface area contributed by atoms with Crippen molar-refractivity contribution in [1.29, 1.82) is 0 Å². The van der Waals surface area contributed by atoms with Gasteiger partial charge in [-0.05, 0) is 57.8 Å². The minimum Gasteiger partial charge on any atom is -0.306 e. The number of hydrogen-bond donors (Lipinski definition) is 0. The maximum absolute atomic E-state index is 2.64. The summed E-state index contributed by atoms with van der Waals surface area (Å²) in [6, 6.07) is 0. The highest BCUT2D eigenvalue weighted by atomic mass is 15.1. The van der Waals surface area contributed by atoms with Crippen LogP contribution in [-0.4, -0.2) is 49.6 Å². The zero-order valence-electron chi connectivity index (χ0n) is 11.7. The van der Waals surface area contributed by atoms with Crippen LogP contribution in [0.2, 0.25) is 0 Å². The molecule has 1 rings (SSSR count). The third kappa shape index (κ3) is 5.31. The topological polar surface area (TPSA) is 6.48 Å². The molecule has 0 radical (unpaired) electrons. The molecule has 0 spiro atoms. The Morgan fingerprint density at radius 3 is 2.38 bits per heavy atom. The van der Waals surface area contributed by atoms with Crippen LogP contribution in [0.3, 0.4) is 0 Å². The lowest BCUT2D eigenvalue weighted by Crippen LogP contribution is -2.39. The highest BCUT2D eigenvalue weighted by Crippen LogP contribution is 2.18. The van der Waals surface area contributed by atoms with Crippen molar-refractivity contribution in [2.45, 2.75) is 40.0 Å². The molecule has 1 heterocycles. The summed E-state index contributed by atoms with van der Waals surface area (Å²) in [5.74, 6) is 1.76. The Morgan fingerprint density at radius 2 is 1.88 bits per heavy atom. The molecule has 96 valence electrons. The number of rotatable bonds is 6. The average Bonchev–Trinajstić information content (AvgIpc) is 2.20. The first-order chi connectivity index (χ1) is 7.61. The molecule has 1 saturated heterocycles. The summed E-state index contributed by atoms with van der Waals surface area (Å²) in [7, 11) is 2.27. The Hall–Kier alpha value is -0.0800. The van der Waals surface area contributed by atoms with E-state index in [2.05, 4.69) is 37.6 Å². The van der Waals surface area contributed by atoms with Crippen molar-refractivity contribution in [3.63, 3.8) is 0 Å². The SMILES string of the molecule is CCCN(C)CC1CCN(CC(C)C)CC1. The van der Waals surface area contributed by atoms with Gasteiger partial charge in [-0.1, -0.05) is 20.8 Å². The monoisotopic (exact) mass is 226 g/mol. The van der Waals surface area contributed by atoms with Gasteiger partial charge in [-0.15, -0.1) is 0 Å². The van der Waals surface area contributed by atoms with Gasteiger partial charge in [-0.25, -0.2) is 0 Å². The van der Waals surface area contributed by atoms with Crippen molar-refractivity contribution >= 4 is 0 Å². The van der Waals surface area contributed by atoms with Gasteiger partial charge in [0.1, 0.15) is 0 Å². The summed E-state index contributed by atoms with van der Waals surface area (Å²) in [5.41, 5.74) is 0. The van der Waals surface area contributed by atoms with E-state index in [9.17, 15) is 0 Å². The van der Waals surface area contributed by atoms with E-state index in [1.54, 1.807) is 0 Å². The molecule has 0 atom stereocenters. The second kappa shape index (κ2) is 7.29. The van der Waals surface area contributed by atoms with E-state index in [0.29, 0.717) is 0 Å². The molecule has 0 aromatic rings. The summed E-state index contributed by atoms with van der Waals surface area (Å²) < 4.78 is 0. The fourth-order valence-electron chi connectivity index (χ4n) is 2.78. The van der Waals surface area contributed by atoms with Gasteiger partial charge < -0.3 is 9.80 Å². The Bertz CT molecular complexity index is 172. The first-order valence-corrected chi connectivity index (χ1v) is 7.02. The molecule has 0 aromatic heterocycles. The van der Waals surface area contributed by atoms with Gasteiger partial charge in [0.25, 0.3) is 0 Å². The average molecular weight is 226 g/mol. The Morgan fingerprint density at radius 1 is 1.25 bits per heavy atom. The van der Waals surface area contributed by atoms with Gasteiger partial charge in [-0.2, -0.15) is 0 Å². The van der Waals surface area contributed by atoms with Crippen LogP contribution in [0.15, 0.2) is 0 Å². The molecule has 1 aliphatic rings. The lowest BCUT2D eigenvalue weighted by atomic mass is 9.95. The summed E-state index contributed by atoms with van der Waals surface area (Å²) in [6.45, 7) is 13.4. The van der Waals surface area contributed by atoms with Crippen LogP contribution >= 0.6 is 0 Å². The van der Waals surface area contributed by atoms with Gasteiger partial charge in [0.05, 0.1) is 0 Å². The summed E-state index contributed by atoms with van der Waals surface area (Å²) in [6.07, 6.45) is 4.09. The number of piperidine rings is 1. The maximum atomic E-state index is 2.64. The Balaban J connectivity index is 2.16. The van der Waals surface area contributed by atoms with Gasteiger partial charge >= 0.3 is 0 Å². The lowest BCUT2D eigenvalue weighted by molar-refractivity contribution is 0.143. The maximum Gasteiger partial charge on any atom is 0.000756 e. The molecule has 2 nitrogen and oxygen atoms in total. The standard InChI is InChI=1S/C14H30N2/c1-5-8-15(4)12-14-6-9-16(10-7-14)11-13(2)3/h13-14H,5-12H2,1-4H3. The molecular formula is C14H30N2. The highest BCUT2D eigenvalue weighted by Gasteiger charge is 2.20. The molecule has 0 saturated carbocycles. The quantitative estimate of drug-likeness (QED) is 0.687. The predicted molar refractivity (Wildman–Crippen MR) is 71.8 cm³/mol. The second-order valence-corrected chi connectivity index (χ2v) is 5.90. The van der Waals surface area contributed by atoms with Crippen LogP contribution in [-0.2, 0) is 0 Å². The normalized spacial score (nSPS) is 19.9. The van der Waals surface area contributed by atoms with E-state index >= 15 is 0 Å². The van der Waals surface area contributed by atoms with Gasteiger partial charge in [-0.3, -0.25) is 0 Å². The van der Waals surface area contributed by atoms with Crippen LogP contribution < -0.4 is 0 Å². The third-order valence-electron chi connectivity index (χ3n) is 3.51. The second-order valence-electron chi connectivity index (χ2n) is 5.90. The molecule has 2 heteroatoms. The fourth-order valence-corrected chi connectivity index (χ4v) is 2.78. The van der Waals surface area contributed by atoms with E-state index in [4.69, 9.17) is 0 Å². The van der Waals surface area contributed by atoms with Crippen LogP contribution in [0.1, 0.15) is 40.0 Å². The molecule has 0 aromatic carbocycles. The van der Waals surface area contributed by atoms with Gasteiger partial charge in [0.2, 0.25) is 0 Å². The van der Waals surface area contributed by atoms with Crippen LogP contribution in [0, 0.1) is 11.8 Å². The molecule has 0 N–H and O–H groups in total. The third-order valence-corrected chi connectivity index (χ3v) is 3.51. The summed E-state index contributed by atoms with van der Waals surface area (Å²) in [4.78, 5) is 5.14. The van der Waals surface area contributed by atoms with Crippen LogP contribution in [0.4, 0.5) is 0 Å². The van der Waals surface area contributed by atoms with Crippen molar-refractivity contribution in [2.24, 2.45) is 11.8 Å². The minimum atomic E-state index is 0.819. The van der Waals surface area contributed by atoms with E-state index in [1.807, 2.05) is 0 Å². The van der Waals surface area contributed by atoms with Crippen LogP contribution in [0.5, 0.6) is 0 Å². The molecule has 0 bridgehead atoms. The largest absolute Gasteiger partial charge is 0.306 e. The van der Waals surface area contributed by atoms with E-state index < -0.39 is 0 Å². The molecule has 0 aliphatic carbocycles. The fraction of sp³-hybridized carbons (Fsp3) is 1.00. The zero-order chi connectivity index (χ0) is 12.0. The molecule has 1 aliphatic heterocycles. The first-order valence-electron chi connectivity index (χ1n) is 7.02. The molecule has 0 amide bonds. The number of nitrogens with zero attached hydrogens (tertiary/aromatic N) is 2. The summed E-state index contributed by atoms with van der Waals surface area (Å²) in [5, 5.41) is 0. The lowest BCUT2D eigenvalue weighted by Gasteiger charge is -2.34. The van der Waals surface area contributed by atoms with Crippen LogP contribution in [0.25, 0.3) is 0 Å². The smallest absolute Gasteiger partial charge is 0.000756 e. The zero-order valence-corrected chi connectivity index (χ0v) is 11.7. The van der Waals surface area contributed by atoms with Crippen molar-refractivity contribution in [3.05, 3.63) is 0 Å². The number of hydrogen-bond acceptors (Lipinski definition) is 2. The summed E-state index contributed by atoms with van der Waals surface area (Å²) >= 11 is 0. The van der Waals surface area contributed by atoms with Gasteiger partial charge in [0.15, 0.2) is 0 Å². The number of likely N-dealkylation sites (tertiary alicyclic amines) is 1. The van der Waals surface area contributed by atoms with E-state index in [1.165, 1.54) is 52.0 Å². The Labute approximate surface area is 102 Å². The van der Waals surface area contributed by atoms with Gasteiger partial charge in [0, 0.05) is 13.1 Å². The molecule has 0 unspecified atom stereocenters. The predicted octanol–water partition coefficient (Wildman–Crippen LogP) is 2.70. The molecule has 1 fully saturated rings. The van der Waals surface area contributed by atoms with Crippen molar-refractivity contribution in [1.82, 2.24) is 9.80 Å². The van der Waals surface area contributed by atoms with Crippen molar-refractivity contribution in [3.8, 4) is 0 Å². The van der Waals surface area contributed by atoms with E-state index in [-0.39, 0.29) is 0 Å². The minimum absolute atomic E-state index is 0.819. The van der Waals surface area contributed by atoms with Crippen molar-refractivity contribution < 1.29 is 0 Å². The first kappa shape index (κ1) is 14.0. The molecular weight excluding hydrogens is 196 g/mol. The highest BCUT2D eigenvalue weighted by molar-refractivity contribution is 4.74. The molecule has 16 heavy (non-hydrogen) atoms. The van der Waals surface area contributed by atoms with Crippen molar-refractivity contribution in [2.75, 3.05) is 39.8 Å².